The molecule has 0 aliphatic carbocycles. The van der Waals surface area contributed by atoms with Gasteiger partial charge in [-0.15, -0.1) is 0 Å². The standard InChI is InChI=1S/C27H35ClN6O7S/c1-27(2,3)41-26(35)29-11-12-34(42(36)37)16-17-9-7-8-10-20(17)32-24-19(28)15-30-25(33-24)31-18-13-21(38-4)23(40-6)22(14-18)39-5/h7-10,13-15H,11-12,16H2,1-6H3,(H,29,35)(H,36,37)(H2,30,31,32,33). The number of benzene rings is 2. The lowest BCUT2D eigenvalue weighted by Crippen LogP contribution is -2.38. The van der Waals surface area contributed by atoms with Crippen molar-refractivity contribution >= 4 is 52.1 Å². The number of methoxy groups -OCH3 is 3. The van der Waals surface area contributed by atoms with Crippen molar-refractivity contribution in [1.82, 2.24) is 19.6 Å². The van der Waals surface area contributed by atoms with Crippen molar-refractivity contribution in [2.75, 3.05) is 45.1 Å². The molecule has 1 unspecified atom stereocenters. The highest BCUT2D eigenvalue weighted by atomic mass is 35.5. The van der Waals surface area contributed by atoms with Gasteiger partial charge < -0.3 is 34.9 Å². The van der Waals surface area contributed by atoms with Gasteiger partial charge in [0.1, 0.15) is 10.6 Å². The number of alkyl carbamates (subject to hydrolysis) is 1. The van der Waals surface area contributed by atoms with Crippen LogP contribution in [0.1, 0.15) is 26.3 Å². The lowest BCUT2D eigenvalue weighted by molar-refractivity contribution is 0.0525. The Hall–Kier alpha value is -3.85. The van der Waals surface area contributed by atoms with E-state index in [0.29, 0.717) is 40.0 Å². The zero-order valence-electron chi connectivity index (χ0n) is 24.2. The Kier molecular flexibility index (Phi) is 11.6. The van der Waals surface area contributed by atoms with Crippen molar-refractivity contribution < 1.29 is 32.5 Å². The second-order valence-electron chi connectivity index (χ2n) is 9.73. The zero-order valence-corrected chi connectivity index (χ0v) is 25.8. The van der Waals surface area contributed by atoms with Crippen LogP contribution in [0, 0.1) is 0 Å². The van der Waals surface area contributed by atoms with E-state index in [1.54, 1.807) is 57.2 Å². The summed E-state index contributed by atoms with van der Waals surface area (Å²) < 4.78 is 44.7. The van der Waals surface area contributed by atoms with Crippen molar-refractivity contribution in [3.05, 3.63) is 53.2 Å². The Balaban J connectivity index is 1.77. The van der Waals surface area contributed by atoms with Gasteiger partial charge in [0, 0.05) is 43.1 Å². The molecule has 1 aromatic heterocycles. The number of hydrogen-bond donors (Lipinski definition) is 4. The minimum Gasteiger partial charge on any atom is -0.493 e. The Morgan fingerprint density at radius 1 is 1.07 bits per heavy atom. The molecule has 1 atom stereocenters. The summed E-state index contributed by atoms with van der Waals surface area (Å²) in [5, 5.41) is 9.13. The van der Waals surface area contributed by atoms with Gasteiger partial charge in [0.05, 0.1) is 27.5 Å². The Bertz CT molecular complexity index is 1380. The fourth-order valence-electron chi connectivity index (χ4n) is 3.70. The molecule has 1 heterocycles. The monoisotopic (exact) mass is 622 g/mol. The number of para-hydroxylation sites is 1. The lowest BCUT2D eigenvalue weighted by Gasteiger charge is -2.22. The summed E-state index contributed by atoms with van der Waals surface area (Å²) >= 11 is 4.10. The summed E-state index contributed by atoms with van der Waals surface area (Å²) in [6, 6.07) is 10.6. The molecule has 42 heavy (non-hydrogen) atoms. The molecule has 13 nitrogen and oxygen atoms in total. The highest BCUT2D eigenvalue weighted by Gasteiger charge is 2.19. The molecule has 0 fully saturated rings. The first kappa shape index (κ1) is 32.7. The normalized spacial score (nSPS) is 11.9. The summed E-state index contributed by atoms with van der Waals surface area (Å²) in [5.41, 5.74) is 1.22. The summed E-state index contributed by atoms with van der Waals surface area (Å²) in [6.07, 6.45) is 0.833. The van der Waals surface area contributed by atoms with Gasteiger partial charge >= 0.3 is 6.09 Å². The van der Waals surface area contributed by atoms with E-state index in [1.807, 2.05) is 0 Å². The number of aromatic nitrogens is 2. The maximum Gasteiger partial charge on any atom is 0.407 e. The van der Waals surface area contributed by atoms with Crippen LogP contribution in [-0.2, 0) is 22.5 Å². The van der Waals surface area contributed by atoms with E-state index in [2.05, 4.69) is 25.9 Å². The first-order chi connectivity index (χ1) is 19.9. The number of halogens is 1. The highest BCUT2D eigenvalue weighted by Crippen LogP contribution is 2.40. The molecule has 0 aliphatic heterocycles. The Morgan fingerprint density at radius 3 is 2.33 bits per heavy atom. The van der Waals surface area contributed by atoms with Crippen molar-refractivity contribution in [2.45, 2.75) is 32.9 Å². The SMILES string of the molecule is COc1cc(Nc2ncc(Cl)c(Nc3ccccc3CN(CCNC(=O)OC(C)(C)C)S(=O)O)n2)cc(OC)c1OC. The number of ether oxygens (including phenoxy) is 4. The third kappa shape index (κ3) is 9.34. The predicted octanol–water partition coefficient (Wildman–Crippen LogP) is 5.11. The average molecular weight is 623 g/mol. The fraction of sp³-hybridized carbons (Fsp3) is 0.370. The van der Waals surface area contributed by atoms with Gasteiger partial charge in [-0.2, -0.15) is 9.29 Å². The van der Waals surface area contributed by atoms with Gasteiger partial charge in [-0.25, -0.2) is 14.0 Å². The molecule has 1 amide bonds. The molecule has 0 saturated heterocycles. The van der Waals surface area contributed by atoms with Crippen molar-refractivity contribution in [3.63, 3.8) is 0 Å². The van der Waals surface area contributed by atoms with Gasteiger partial charge in [-0.05, 0) is 32.4 Å². The van der Waals surface area contributed by atoms with E-state index >= 15 is 0 Å². The van der Waals surface area contributed by atoms with E-state index in [-0.39, 0.29) is 30.6 Å². The maximum absolute atomic E-state index is 12.1. The molecule has 0 spiro atoms. The van der Waals surface area contributed by atoms with Gasteiger partial charge in [0.2, 0.25) is 23.0 Å². The van der Waals surface area contributed by atoms with E-state index < -0.39 is 23.0 Å². The Labute approximate surface area is 252 Å². The molecule has 15 heteroatoms. The summed E-state index contributed by atoms with van der Waals surface area (Å²) in [5.74, 6) is 1.89. The molecule has 0 radical (unpaired) electrons. The van der Waals surface area contributed by atoms with Crippen molar-refractivity contribution in [2.24, 2.45) is 0 Å². The van der Waals surface area contributed by atoms with Crippen LogP contribution in [0.25, 0.3) is 0 Å². The molecule has 4 N–H and O–H groups in total. The molecular weight excluding hydrogens is 588 g/mol. The van der Waals surface area contributed by atoms with Crippen LogP contribution in [0.2, 0.25) is 5.02 Å². The van der Waals surface area contributed by atoms with E-state index in [0.717, 1.165) is 0 Å². The first-order valence-electron chi connectivity index (χ1n) is 12.7. The summed E-state index contributed by atoms with van der Waals surface area (Å²) in [4.78, 5) is 20.7. The molecule has 228 valence electrons. The van der Waals surface area contributed by atoms with Crippen molar-refractivity contribution in [1.29, 1.82) is 0 Å². The second kappa shape index (κ2) is 14.9. The number of rotatable bonds is 13. The topological polar surface area (TPSA) is 156 Å². The van der Waals surface area contributed by atoms with Crippen LogP contribution in [-0.4, -0.2) is 69.1 Å². The van der Waals surface area contributed by atoms with Crippen LogP contribution in [0.15, 0.2) is 42.6 Å². The molecule has 2 aromatic carbocycles. The minimum atomic E-state index is -2.31. The number of amides is 1. The molecule has 3 aromatic rings. The highest BCUT2D eigenvalue weighted by molar-refractivity contribution is 7.76. The molecular formula is C27H35ClN6O7S. The largest absolute Gasteiger partial charge is 0.493 e. The van der Waals surface area contributed by atoms with Gasteiger partial charge in [0.25, 0.3) is 0 Å². The van der Waals surface area contributed by atoms with Crippen LogP contribution in [0.5, 0.6) is 17.2 Å². The summed E-state index contributed by atoms with van der Waals surface area (Å²) in [7, 11) is 4.55. The third-order valence-corrected chi connectivity index (χ3v) is 6.56. The summed E-state index contributed by atoms with van der Waals surface area (Å²) in [6.45, 7) is 5.53. The van der Waals surface area contributed by atoms with E-state index in [4.69, 9.17) is 30.5 Å². The minimum absolute atomic E-state index is 0.0849. The molecule has 0 bridgehead atoms. The van der Waals surface area contributed by atoms with Gasteiger partial charge in [-0.1, -0.05) is 29.8 Å². The molecule has 0 aliphatic rings. The second-order valence-corrected chi connectivity index (χ2v) is 11.1. The molecule has 3 rings (SSSR count). The number of nitrogens with one attached hydrogen (secondary N) is 3. The fourth-order valence-corrected chi connectivity index (χ4v) is 4.34. The van der Waals surface area contributed by atoms with E-state index in [1.165, 1.54) is 31.8 Å². The quantitative estimate of drug-likeness (QED) is 0.188. The number of hydrogen-bond acceptors (Lipinski definition) is 10. The van der Waals surface area contributed by atoms with Gasteiger partial charge in [-0.3, -0.25) is 4.55 Å². The van der Waals surface area contributed by atoms with Crippen LogP contribution in [0.4, 0.5) is 27.9 Å². The van der Waals surface area contributed by atoms with Crippen molar-refractivity contribution in [3.8, 4) is 17.2 Å². The van der Waals surface area contributed by atoms with E-state index in [9.17, 15) is 13.6 Å². The van der Waals surface area contributed by atoms with Crippen LogP contribution < -0.4 is 30.2 Å². The predicted molar refractivity (Wildman–Crippen MR) is 162 cm³/mol. The number of carbonyl (C=O) groups is 1. The average Bonchev–Trinajstić information content (AvgIpc) is 2.93. The van der Waals surface area contributed by atoms with Crippen LogP contribution >= 0.6 is 11.6 Å². The number of nitrogens with zero attached hydrogens (tertiary/aromatic N) is 3. The molecule has 0 saturated carbocycles. The third-order valence-electron chi connectivity index (χ3n) is 5.53. The number of carbonyl (C=O) groups excluding carboxylic acids is 1. The van der Waals surface area contributed by atoms with Gasteiger partial charge in [0.15, 0.2) is 17.3 Å². The number of anilines is 4. The van der Waals surface area contributed by atoms with Crippen LogP contribution in [0.3, 0.4) is 0 Å². The maximum atomic E-state index is 12.1. The zero-order chi connectivity index (χ0) is 30.9. The lowest BCUT2D eigenvalue weighted by atomic mass is 10.1. The first-order valence-corrected chi connectivity index (χ1v) is 14.2. The smallest absolute Gasteiger partial charge is 0.407 e. The Morgan fingerprint density at radius 2 is 1.74 bits per heavy atom.